The van der Waals surface area contributed by atoms with Gasteiger partial charge in [-0.3, -0.25) is 4.79 Å². The number of nitrogen functional groups attached to an aromatic ring is 1. The quantitative estimate of drug-likeness (QED) is 0.711. The lowest BCUT2D eigenvalue weighted by Gasteiger charge is -2.01. The van der Waals surface area contributed by atoms with Crippen molar-refractivity contribution in [1.82, 2.24) is 0 Å². The summed E-state index contributed by atoms with van der Waals surface area (Å²) >= 11 is 7.27. The fraction of sp³-hybridized carbons (Fsp3) is 0. The van der Waals surface area contributed by atoms with Gasteiger partial charge in [-0.15, -0.1) is 11.3 Å². The minimum absolute atomic E-state index is 0.0633. The highest BCUT2D eigenvalue weighted by molar-refractivity contribution is 7.23. The zero-order valence-electron chi connectivity index (χ0n) is 9.89. The zero-order chi connectivity index (χ0) is 13.4. The number of anilines is 1. The molecular weight excluding hydrogens is 278 g/mol. The normalized spacial score (nSPS) is 10.8. The number of fused-ring (bicyclic) bond motifs is 1. The summed E-state index contributed by atoms with van der Waals surface area (Å²) in [6.45, 7) is 0. The van der Waals surface area contributed by atoms with Gasteiger partial charge < -0.3 is 5.73 Å². The fourth-order valence-electron chi connectivity index (χ4n) is 2.04. The van der Waals surface area contributed by atoms with E-state index in [1.54, 1.807) is 24.3 Å². The van der Waals surface area contributed by atoms with E-state index in [2.05, 4.69) is 0 Å². The maximum atomic E-state index is 12.5. The third-order valence-corrected chi connectivity index (χ3v) is 4.21. The number of hydrogen-bond acceptors (Lipinski definition) is 3. The van der Waals surface area contributed by atoms with Crippen molar-refractivity contribution in [2.45, 2.75) is 0 Å². The molecule has 2 nitrogen and oxygen atoms in total. The maximum Gasteiger partial charge on any atom is 0.196 e. The van der Waals surface area contributed by atoms with Gasteiger partial charge in [0.15, 0.2) is 5.78 Å². The molecule has 1 aromatic heterocycles. The van der Waals surface area contributed by atoms with E-state index < -0.39 is 0 Å². The molecule has 4 heteroatoms. The molecule has 0 radical (unpaired) electrons. The Kier molecular flexibility index (Phi) is 3.01. The molecule has 94 valence electrons. The highest BCUT2D eigenvalue weighted by Gasteiger charge is 2.18. The first-order chi connectivity index (χ1) is 9.16. The van der Waals surface area contributed by atoms with Gasteiger partial charge in [0.2, 0.25) is 0 Å². The van der Waals surface area contributed by atoms with Crippen LogP contribution in [0.1, 0.15) is 15.9 Å². The summed E-state index contributed by atoms with van der Waals surface area (Å²) in [6, 6.07) is 14.6. The van der Waals surface area contributed by atoms with Crippen molar-refractivity contribution in [3.63, 3.8) is 0 Å². The van der Waals surface area contributed by atoms with Crippen LogP contribution >= 0.6 is 22.9 Å². The van der Waals surface area contributed by atoms with Crippen LogP contribution in [0.3, 0.4) is 0 Å². The van der Waals surface area contributed by atoms with Crippen LogP contribution in [0.25, 0.3) is 10.1 Å². The van der Waals surface area contributed by atoms with Gasteiger partial charge in [0.25, 0.3) is 0 Å². The van der Waals surface area contributed by atoms with Gasteiger partial charge in [-0.2, -0.15) is 0 Å². The van der Waals surface area contributed by atoms with Gasteiger partial charge in [0.1, 0.15) is 0 Å². The summed E-state index contributed by atoms with van der Waals surface area (Å²) in [6.07, 6.45) is 0. The minimum Gasteiger partial charge on any atom is -0.390 e. The molecule has 0 unspecified atom stereocenters. The van der Waals surface area contributed by atoms with Gasteiger partial charge in [-0.25, -0.2) is 0 Å². The lowest BCUT2D eigenvalue weighted by molar-refractivity contribution is 0.104. The van der Waals surface area contributed by atoms with E-state index in [1.807, 2.05) is 24.3 Å². The Balaban J connectivity index is 2.16. The summed E-state index contributed by atoms with van der Waals surface area (Å²) < 4.78 is 1.03. The largest absolute Gasteiger partial charge is 0.390 e. The average molecular weight is 288 g/mol. The van der Waals surface area contributed by atoms with Crippen molar-refractivity contribution in [1.29, 1.82) is 0 Å². The number of halogens is 1. The first kappa shape index (κ1) is 12.2. The smallest absolute Gasteiger partial charge is 0.196 e. The molecule has 0 atom stereocenters. The highest BCUT2D eigenvalue weighted by atomic mass is 35.5. The number of hydrogen-bond donors (Lipinski definition) is 1. The number of thiophene rings is 1. The van der Waals surface area contributed by atoms with E-state index in [0.29, 0.717) is 21.2 Å². The number of benzene rings is 2. The molecule has 2 N–H and O–H groups in total. The topological polar surface area (TPSA) is 43.1 Å². The molecule has 2 aromatic carbocycles. The number of rotatable bonds is 2. The molecule has 0 bridgehead atoms. The Morgan fingerprint density at radius 1 is 1.05 bits per heavy atom. The van der Waals surface area contributed by atoms with Gasteiger partial charge >= 0.3 is 0 Å². The summed E-state index contributed by atoms with van der Waals surface area (Å²) in [4.78, 5) is 12.5. The molecule has 0 saturated heterocycles. The lowest BCUT2D eigenvalue weighted by Crippen LogP contribution is -2.02. The minimum atomic E-state index is -0.0633. The molecule has 3 aromatic rings. The second-order valence-electron chi connectivity index (χ2n) is 4.17. The number of carbonyl (C=O) groups is 1. The van der Waals surface area contributed by atoms with E-state index in [1.165, 1.54) is 11.3 Å². The molecule has 0 amide bonds. The SMILES string of the molecule is Nc1sc2ccccc2c1C(=O)c1ccc(Cl)cc1. The summed E-state index contributed by atoms with van der Waals surface area (Å²) in [5.41, 5.74) is 7.18. The summed E-state index contributed by atoms with van der Waals surface area (Å²) in [7, 11) is 0. The second-order valence-corrected chi connectivity index (χ2v) is 5.69. The van der Waals surface area contributed by atoms with Gasteiger partial charge in [-0.1, -0.05) is 29.8 Å². The third kappa shape index (κ3) is 2.11. The van der Waals surface area contributed by atoms with E-state index in [9.17, 15) is 4.79 Å². The van der Waals surface area contributed by atoms with E-state index in [0.717, 1.165) is 10.1 Å². The number of ketones is 1. The standard InChI is InChI=1S/C15H10ClNOS/c16-10-7-5-9(6-8-10)14(18)13-11-3-1-2-4-12(11)19-15(13)17/h1-8H,17H2. The molecular formula is C15H10ClNOS. The van der Waals surface area contributed by atoms with Crippen LogP contribution in [0.2, 0.25) is 5.02 Å². The average Bonchev–Trinajstić information content (AvgIpc) is 2.74. The van der Waals surface area contributed by atoms with Crippen LogP contribution < -0.4 is 5.73 Å². The van der Waals surface area contributed by atoms with Crippen molar-refractivity contribution in [2.75, 3.05) is 5.73 Å². The Bertz CT molecular complexity index is 761. The van der Waals surface area contributed by atoms with Crippen LogP contribution in [-0.4, -0.2) is 5.78 Å². The Morgan fingerprint density at radius 2 is 1.74 bits per heavy atom. The van der Waals surface area contributed by atoms with Crippen LogP contribution in [0, 0.1) is 0 Å². The molecule has 0 fully saturated rings. The first-order valence-electron chi connectivity index (χ1n) is 5.74. The molecule has 0 aliphatic rings. The van der Waals surface area contributed by atoms with Crippen LogP contribution in [0.5, 0.6) is 0 Å². The monoisotopic (exact) mass is 287 g/mol. The molecule has 19 heavy (non-hydrogen) atoms. The van der Waals surface area contributed by atoms with E-state index in [-0.39, 0.29) is 5.78 Å². The number of carbonyl (C=O) groups excluding carboxylic acids is 1. The maximum absolute atomic E-state index is 12.5. The molecule has 0 aliphatic heterocycles. The zero-order valence-corrected chi connectivity index (χ0v) is 11.5. The molecule has 1 heterocycles. The molecule has 0 saturated carbocycles. The Morgan fingerprint density at radius 3 is 2.47 bits per heavy atom. The predicted octanol–water partition coefficient (Wildman–Crippen LogP) is 4.37. The molecule has 0 aliphatic carbocycles. The summed E-state index contributed by atoms with van der Waals surface area (Å²) in [5, 5.41) is 2.07. The van der Waals surface area contributed by atoms with Gasteiger partial charge in [0, 0.05) is 20.7 Å². The first-order valence-corrected chi connectivity index (χ1v) is 6.93. The van der Waals surface area contributed by atoms with Crippen molar-refractivity contribution >= 4 is 43.8 Å². The van der Waals surface area contributed by atoms with Crippen LogP contribution in [-0.2, 0) is 0 Å². The van der Waals surface area contributed by atoms with Crippen molar-refractivity contribution < 1.29 is 4.79 Å². The Hall–Kier alpha value is -1.84. The molecule has 3 rings (SSSR count). The fourth-order valence-corrected chi connectivity index (χ4v) is 3.14. The predicted molar refractivity (Wildman–Crippen MR) is 81.1 cm³/mol. The van der Waals surface area contributed by atoms with E-state index in [4.69, 9.17) is 17.3 Å². The second kappa shape index (κ2) is 4.68. The van der Waals surface area contributed by atoms with E-state index >= 15 is 0 Å². The molecule has 0 spiro atoms. The number of nitrogens with two attached hydrogens (primary N) is 1. The van der Waals surface area contributed by atoms with Crippen molar-refractivity contribution in [3.05, 3.63) is 64.7 Å². The van der Waals surface area contributed by atoms with Crippen molar-refractivity contribution in [3.8, 4) is 0 Å². The summed E-state index contributed by atoms with van der Waals surface area (Å²) in [5.74, 6) is -0.0633. The van der Waals surface area contributed by atoms with Gasteiger partial charge in [0.05, 0.1) is 10.6 Å². The van der Waals surface area contributed by atoms with Crippen LogP contribution in [0.15, 0.2) is 48.5 Å². The third-order valence-electron chi connectivity index (χ3n) is 2.96. The van der Waals surface area contributed by atoms with Crippen molar-refractivity contribution in [2.24, 2.45) is 0 Å². The highest BCUT2D eigenvalue weighted by Crippen LogP contribution is 2.34. The lowest BCUT2D eigenvalue weighted by atomic mass is 10.0. The van der Waals surface area contributed by atoms with Gasteiger partial charge in [-0.05, 0) is 30.3 Å². The van der Waals surface area contributed by atoms with Crippen LogP contribution in [0.4, 0.5) is 5.00 Å². The Labute approximate surface area is 119 Å².